The number of Topliss-reactive ketones (excluding diaryl/α,β-unsaturated/α-hetero) is 2. The van der Waals surface area contributed by atoms with Crippen LogP contribution < -0.4 is 21.3 Å². The van der Waals surface area contributed by atoms with Gasteiger partial charge in [-0.15, -0.1) is 12.4 Å². The molecule has 0 spiro atoms. The van der Waals surface area contributed by atoms with E-state index >= 15 is 0 Å². The lowest BCUT2D eigenvalue weighted by molar-refractivity contribution is -0.121. The fourth-order valence-electron chi connectivity index (χ4n) is 4.35. The number of anilines is 2. The molecular formula is C29H29Cl3N4O4. The van der Waals surface area contributed by atoms with E-state index in [-0.39, 0.29) is 37.1 Å². The summed E-state index contributed by atoms with van der Waals surface area (Å²) in [6, 6.07) is 18.7. The summed E-state index contributed by atoms with van der Waals surface area (Å²) in [5.41, 5.74) is 2.21. The van der Waals surface area contributed by atoms with Crippen molar-refractivity contribution in [2.24, 2.45) is 0 Å². The van der Waals surface area contributed by atoms with Gasteiger partial charge in [0.05, 0.1) is 12.2 Å². The molecule has 8 nitrogen and oxygen atoms in total. The zero-order valence-corrected chi connectivity index (χ0v) is 24.4. The number of ketones is 2. The zero-order valence-electron chi connectivity index (χ0n) is 22.1. The number of para-hydroxylation sites is 1. The Morgan fingerprint density at radius 3 is 2.33 bits per heavy atom. The molecule has 1 atom stereocenters. The molecule has 0 saturated heterocycles. The van der Waals surface area contributed by atoms with Gasteiger partial charge in [-0.3, -0.25) is 9.59 Å². The molecule has 0 aliphatic carbocycles. The van der Waals surface area contributed by atoms with E-state index in [0.29, 0.717) is 44.0 Å². The molecule has 4 N–H and O–H groups in total. The third-order valence-electron chi connectivity index (χ3n) is 6.45. The van der Waals surface area contributed by atoms with Crippen LogP contribution in [0.3, 0.4) is 0 Å². The van der Waals surface area contributed by atoms with E-state index < -0.39 is 11.6 Å². The van der Waals surface area contributed by atoms with E-state index in [0.717, 1.165) is 5.56 Å². The average molecular weight is 604 g/mol. The molecule has 1 unspecified atom stereocenters. The third kappa shape index (κ3) is 6.53. The van der Waals surface area contributed by atoms with E-state index in [4.69, 9.17) is 27.9 Å². The first kappa shape index (κ1) is 30.8. The number of amides is 2. The van der Waals surface area contributed by atoms with Gasteiger partial charge in [-0.2, -0.15) is 0 Å². The van der Waals surface area contributed by atoms with Gasteiger partial charge in [-0.05, 0) is 50.2 Å². The van der Waals surface area contributed by atoms with E-state index in [1.165, 1.54) is 6.92 Å². The molecule has 210 valence electrons. The number of carbonyl (C=O) groups excluding carboxylic acids is 3. The number of carbonyl (C=O) groups is 3. The molecule has 0 aromatic heterocycles. The van der Waals surface area contributed by atoms with Crippen LogP contribution in [0.15, 0.2) is 72.4 Å². The van der Waals surface area contributed by atoms with Crippen LogP contribution in [-0.2, 0) is 16.1 Å². The number of hydrogen-bond donors (Lipinski definition) is 4. The van der Waals surface area contributed by atoms with Crippen LogP contribution in [0.4, 0.5) is 16.2 Å². The van der Waals surface area contributed by atoms with Crippen molar-refractivity contribution in [1.82, 2.24) is 10.6 Å². The Morgan fingerprint density at radius 1 is 0.975 bits per heavy atom. The molecule has 1 heterocycles. The van der Waals surface area contributed by atoms with Gasteiger partial charge in [0.2, 0.25) is 0 Å². The molecule has 0 saturated carbocycles. The van der Waals surface area contributed by atoms with Crippen molar-refractivity contribution in [3.8, 4) is 0 Å². The second kappa shape index (κ2) is 13.1. The smallest absolute Gasteiger partial charge is 0.319 e. The molecule has 4 rings (SSSR count). The van der Waals surface area contributed by atoms with Gasteiger partial charge in [-0.1, -0.05) is 53.5 Å². The van der Waals surface area contributed by atoms with Crippen molar-refractivity contribution in [1.29, 1.82) is 0 Å². The second-order valence-electron chi connectivity index (χ2n) is 9.11. The number of urea groups is 1. The minimum absolute atomic E-state index is 0. The Morgan fingerprint density at radius 2 is 1.65 bits per heavy atom. The summed E-state index contributed by atoms with van der Waals surface area (Å²) in [4.78, 5) is 37.8. The molecule has 40 heavy (non-hydrogen) atoms. The number of hydrogen-bond acceptors (Lipinski definition) is 6. The number of fused-ring (bicyclic) bond motifs is 1. The summed E-state index contributed by atoms with van der Waals surface area (Å²) in [5, 5.41) is 12.6. The van der Waals surface area contributed by atoms with Crippen LogP contribution in [0.25, 0.3) is 5.76 Å². The first-order valence-corrected chi connectivity index (χ1v) is 12.9. The van der Waals surface area contributed by atoms with E-state index in [2.05, 4.69) is 21.3 Å². The average Bonchev–Trinajstić information content (AvgIpc) is 2.91. The summed E-state index contributed by atoms with van der Waals surface area (Å²) in [5.74, 6) is 0.0297. The van der Waals surface area contributed by atoms with Gasteiger partial charge in [0.1, 0.15) is 12.1 Å². The van der Waals surface area contributed by atoms with Gasteiger partial charge in [0, 0.05) is 45.2 Å². The highest BCUT2D eigenvalue weighted by Gasteiger charge is 2.43. The molecule has 1 aliphatic heterocycles. The van der Waals surface area contributed by atoms with Crippen LogP contribution in [0, 0.1) is 0 Å². The van der Waals surface area contributed by atoms with Gasteiger partial charge >= 0.3 is 6.03 Å². The van der Waals surface area contributed by atoms with Gasteiger partial charge in [0.15, 0.2) is 17.3 Å². The number of nitrogens with one attached hydrogen (secondary N) is 4. The largest absolute Gasteiger partial charge is 0.486 e. The van der Waals surface area contributed by atoms with Crippen LogP contribution in [0.5, 0.6) is 0 Å². The lowest BCUT2D eigenvalue weighted by Crippen LogP contribution is -2.54. The first-order chi connectivity index (χ1) is 18.6. The van der Waals surface area contributed by atoms with E-state index in [9.17, 15) is 14.4 Å². The van der Waals surface area contributed by atoms with Gasteiger partial charge in [-0.25, -0.2) is 4.79 Å². The van der Waals surface area contributed by atoms with Crippen molar-refractivity contribution >= 4 is 70.3 Å². The van der Waals surface area contributed by atoms with Crippen LogP contribution in [0.1, 0.15) is 35.3 Å². The fraction of sp³-hybridized carbons (Fsp3) is 0.207. The van der Waals surface area contributed by atoms with Gasteiger partial charge in [0.25, 0.3) is 0 Å². The number of halogens is 3. The minimum Gasteiger partial charge on any atom is -0.486 e. The first-order valence-electron chi connectivity index (χ1n) is 12.2. The topological polar surface area (TPSA) is 109 Å². The molecule has 11 heteroatoms. The number of likely N-dealkylation sites (N-methyl/N-ethyl adjacent to an activating group) is 1. The van der Waals surface area contributed by atoms with Crippen molar-refractivity contribution in [3.05, 3.63) is 99.2 Å². The summed E-state index contributed by atoms with van der Waals surface area (Å²) >= 11 is 12.7. The highest BCUT2D eigenvalue weighted by molar-refractivity contribution is 6.36. The predicted octanol–water partition coefficient (Wildman–Crippen LogP) is 6.30. The zero-order chi connectivity index (χ0) is 28.2. The molecule has 0 bridgehead atoms. The Kier molecular flexibility index (Phi) is 10.1. The van der Waals surface area contributed by atoms with E-state index in [1.54, 1.807) is 56.4 Å². The Bertz CT molecular complexity index is 1460. The monoisotopic (exact) mass is 602 g/mol. The molecular weight excluding hydrogens is 575 g/mol. The van der Waals surface area contributed by atoms with Crippen LogP contribution in [0.2, 0.25) is 10.0 Å². The Hall–Kier alpha value is -3.72. The highest BCUT2D eigenvalue weighted by atomic mass is 35.5. The highest BCUT2D eigenvalue weighted by Crippen LogP contribution is 2.40. The normalized spacial score (nSPS) is 15.6. The fourth-order valence-corrected chi connectivity index (χ4v) is 4.86. The summed E-state index contributed by atoms with van der Waals surface area (Å²) in [6.07, 6.45) is 0. The number of ether oxygens (including phenoxy) is 1. The molecule has 3 aromatic rings. The maximum Gasteiger partial charge on any atom is 0.319 e. The molecule has 3 aromatic carbocycles. The maximum absolute atomic E-state index is 13.6. The minimum atomic E-state index is -1.26. The van der Waals surface area contributed by atoms with Gasteiger partial charge < -0.3 is 26.0 Å². The summed E-state index contributed by atoms with van der Waals surface area (Å²) in [6.45, 7) is 2.97. The molecule has 0 radical (unpaired) electrons. The predicted molar refractivity (Wildman–Crippen MR) is 161 cm³/mol. The quantitative estimate of drug-likeness (QED) is 0.214. The van der Waals surface area contributed by atoms with Crippen molar-refractivity contribution < 1.29 is 19.1 Å². The van der Waals surface area contributed by atoms with Crippen molar-refractivity contribution in [3.63, 3.8) is 0 Å². The summed E-state index contributed by atoms with van der Waals surface area (Å²) in [7, 11) is 1.70. The Balaban J connectivity index is 0.00000441. The molecule has 2 amide bonds. The lowest BCUT2D eigenvalue weighted by atomic mass is 9.85. The SMILES string of the molecule is CNC1=C(OCc2c(Cl)cccc2Cl)c2ccccc2NC1(C)C(=O)CNC(=O)Nc1cccc(C(C)=O)c1.Cl. The van der Waals surface area contributed by atoms with Crippen LogP contribution in [-0.4, -0.2) is 36.7 Å². The second-order valence-corrected chi connectivity index (χ2v) is 9.92. The number of rotatable bonds is 9. The van der Waals surface area contributed by atoms with Crippen molar-refractivity contribution in [2.45, 2.75) is 26.0 Å². The summed E-state index contributed by atoms with van der Waals surface area (Å²) < 4.78 is 6.27. The van der Waals surface area contributed by atoms with E-state index in [1.807, 2.05) is 24.3 Å². The Labute approximate surface area is 248 Å². The molecule has 1 aliphatic rings. The lowest BCUT2D eigenvalue weighted by Gasteiger charge is -2.39. The van der Waals surface area contributed by atoms with Crippen LogP contribution >= 0.6 is 35.6 Å². The molecule has 0 fully saturated rings. The maximum atomic E-state index is 13.6. The number of benzene rings is 3. The standard InChI is InChI=1S/C29H28Cl2N4O4.ClH/c1-17(36)18-8-6-9-19(14-18)34-28(38)33-15-25(37)29(2)27(32-3)26(20-10-4-5-13-24(20)35-29)39-16-21-22(30)11-7-12-23(21)31;/h4-14,32,35H,15-16H2,1-3H3,(H2,33,34,38);1H. The van der Waals surface area contributed by atoms with Crippen molar-refractivity contribution in [2.75, 3.05) is 24.2 Å². The third-order valence-corrected chi connectivity index (χ3v) is 7.16.